The Bertz CT molecular complexity index is 773. The highest BCUT2D eigenvalue weighted by Crippen LogP contribution is 2.28. The first-order valence-corrected chi connectivity index (χ1v) is 8.65. The van der Waals surface area contributed by atoms with Crippen molar-refractivity contribution in [2.45, 2.75) is 31.8 Å². The molecule has 0 radical (unpaired) electrons. The van der Waals surface area contributed by atoms with Gasteiger partial charge in [-0.05, 0) is 24.8 Å². The number of hydrogen-bond acceptors (Lipinski definition) is 4. The number of aromatic amines is 1. The average molecular weight is 327 g/mol. The Morgan fingerprint density at radius 3 is 3.04 bits per heavy atom. The van der Waals surface area contributed by atoms with Crippen molar-refractivity contribution in [3.63, 3.8) is 0 Å². The molecule has 126 valence electrons. The van der Waals surface area contributed by atoms with Crippen LogP contribution in [0.25, 0.3) is 0 Å². The zero-order chi connectivity index (χ0) is 16.1. The molecule has 0 spiro atoms. The molecule has 0 unspecified atom stereocenters. The monoisotopic (exact) mass is 327 g/mol. The molecule has 2 N–H and O–H groups in total. The van der Waals surface area contributed by atoms with Crippen molar-refractivity contribution in [2.75, 3.05) is 31.1 Å². The predicted molar refractivity (Wildman–Crippen MR) is 87.9 cm³/mol. The average Bonchev–Trinajstić information content (AvgIpc) is 3.27. The lowest BCUT2D eigenvalue weighted by Gasteiger charge is -2.38. The van der Waals surface area contributed by atoms with Crippen molar-refractivity contribution in [2.24, 2.45) is 0 Å². The summed E-state index contributed by atoms with van der Waals surface area (Å²) in [6, 6.07) is 0.355. The molecule has 2 amide bonds. The van der Waals surface area contributed by atoms with Crippen molar-refractivity contribution in [3.8, 4) is 0 Å². The Hall–Kier alpha value is -2.35. The van der Waals surface area contributed by atoms with E-state index in [1.165, 1.54) is 29.8 Å². The quantitative estimate of drug-likeness (QED) is 0.865. The molecule has 2 aliphatic heterocycles. The fourth-order valence-corrected chi connectivity index (χ4v) is 3.95. The van der Waals surface area contributed by atoms with E-state index in [0.717, 1.165) is 31.7 Å². The van der Waals surface area contributed by atoms with Gasteiger partial charge in [0.25, 0.3) is 0 Å². The molecule has 8 nitrogen and oxygen atoms in total. The molecule has 4 heterocycles. The van der Waals surface area contributed by atoms with Crippen molar-refractivity contribution >= 4 is 11.7 Å². The number of urea groups is 1. The van der Waals surface area contributed by atoms with Gasteiger partial charge < -0.3 is 5.32 Å². The van der Waals surface area contributed by atoms with Gasteiger partial charge in [-0.3, -0.25) is 19.6 Å². The van der Waals surface area contributed by atoms with E-state index < -0.39 is 0 Å². The fraction of sp³-hybridized carbons (Fsp3) is 0.562. The molecule has 8 heteroatoms. The van der Waals surface area contributed by atoms with E-state index in [0.29, 0.717) is 19.1 Å². The predicted octanol–water partition coefficient (Wildman–Crippen LogP) is 0.681. The summed E-state index contributed by atoms with van der Waals surface area (Å²) in [6.45, 7) is 4.30. The first-order chi connectivity index (χ1) is 11.8. The van der Waals surface area contributed by atoms with Crippen LogP contribution in [0, 0.1) is 0 Å². The molecular weight excluding hydrogens is 306 g/mol. The van der Waals surface area contributed by atoms with Crippen LogP contribution in [0.15, 0.2) is 12.4 Å². The number of aryl methyl sites for hydroxylation is 1. The lowest BCUT2D eigenvalue weighted by molar-refractivity contribution is 0.0893. The summed E-state index contributed by atoms with van der Waals surface area (Å²) in [7, 11) is 0. The van der Waals surface area contributed by atoms with Crippen LogP contribution in [0.1, 0.15) is 29.4 Å². The van der Waals surface area contributed by atoms with Gasteiger partial charge in [0.1, 0.15) is 0 Å². The van der Waals surface area contributed by atoms with Gasteiger partial charge in [-0.15, -0.1) is 0 Å². The zero-order valence-electron chi connectivity index (χ0n) is 13.5. The highest BCUT2D eigenvalue weighted by atomic mass is 16.2. The van der Waals surface area contributed by atoms with Gasteiger partial charge in [0.2, 0.25) is 0 Å². The van der Waals surface area contributed by atoms with E-state index in [1.54, 1.807) is 11.1 Å². The van der Waals surface area contributed by atoms with Crippen molar-refractivity contribution in [1.29, 1.82) is 0 Å². The summed E-state index contributed by atoms with van der Waals surface area (Å²) < 4.78 is 1.99. The number of rotatable bonds is 4. The summed E-state index contributed by atoms with van der Waals surface area (Å²) in [4.78, 5) is 15.9. The van der Waals surface area contributed by atoms with Gasteiger partial charge in [0.05, 0.1) is 23.6 Å². The van der Waals surface area contributed by atoms with Crippen molar-refractivity contribution in [3.05, 3.63) is 29.3 Å². The summed E-state index contributed by atoms with van der Waals surface area (Å²) in [5.74, 6) is 0. The normalized spacial score (nSPS) is 21.2. The van der Waals surface area contributed by atoms with E-state index in [2.05, 4.69) is 25.5 Å². The Morgan fingerprint density at radius 2 is 2.21 bits per heavy atom. The lowest BCUT2D eigenvalue weighted by Crippen LogP contribution is -2.47. The lowest BCUT2D eigenvalue weighted by atomic mass is 10.1. The maximum atomic E-state index is 11.7. The minimum atomic E-state index is -0.0304. The maximum absolute atomic E-state index is 11.7. The molecule has 0 bridgehead atoms. The first-order valence-electron chi connectivity index (χ1n) is 8.65. The summed E-state index contributed by atoms with van der Waals surface area (Å²) >= 11 is 0. The molecule has 5 rings (SSSR count). The second-order valence-corrected chi connectivity index (χ2v) is 6.89. The van der Waals surface area contributed by atoms with Gasteiger partial charge in [-0.25, -0.2) is 4.79 Å². The van der Waals surface area contributed by atoms with E-state index in [9.17, 15) is 4.79 Å². The van der Waals surface area contributed by atoms with Crippen LogP contribution in [-0.2, 0) is 19.4 Å². The largest absolute Gasteiger partial charge is 0.336 e. The van der Waals surface area contributed by atoms with E-state index in [-0.39, 0.29) is 6.03 Å². The first kappa shape index (κ1) is 14.0. The Kier molecular flexibility index (Phi) is 3.12. The number of amides is 2. The molecule has 2 fully saturated rings. The minimum absolute atomic E-state index is 0.0304. The third-order valence-corrected chi connectivity index (χ3v) is 5.33. The maximum Gasteiger partial charge on any atom is 0.322 e. The molecule has 0 atom stereocenters. The molecule has 2 saturated heterocycles. The second-order valence-electron chi connectivity index (χ2n) is 6.89. The number of aromatic nitrogens is 4. The Balaban J connectivity index is 1.21. The van der Waals surface area contributed by atoms with Crippen LogP contribution in [0.2, 0.25) is 0 Å². The standard InChI is InChI=1S/C16H21N7O/c24-16-17-4-5-22(16)11-6-18-23(9-11)12-7-21(8-12)10-15-13-2-1-3-14(13)19-20-15/h6,9,12H,1-5,7-8,10H2,(H,17,24)(H,19,20). The number of anilines is 1. The summed E-state index contributed by atoms with van der Waals surface area (Å²) in [5, 5.41) is 14.9. The molecule has 2 aromatic heterocycles. The molecule has 2 aromatic rings. The third-order valence-electron chi connectivity index (χ3n) is 5.33. The molecule has 0 aromatic carbocycles. The van der Waals surface area contributed by atoms with Crippen molar-refractivity contribution in [1.82, 2.24) is 30.2 Å². The van der Waals surface area contributed by atoms with Gasteiger partial charge in [-0.2, -0.15) is 10.2 Å². The highest BCUT2D eigenvalue weighted by molar-refractivity contribution is 5.93. The molecule has 24 heavy (non-hydrogen) atoms. The smallest absolute Gasteiger partial charge is 0.322 e. The number of hydrogen-bond donors (Lipinski definition) is 2. The van der Waals surface area contributed by atoms with Crippen molar-refractivity contribution < 1.29 is 4.79 Å². The number of fused-ring (bicyclic) bond motifs is 1. The molecular formula is C16H21N7O. The van der Waals surface area contributed by atoms with E-state index in [1.807, 2.05) is 10.9 Å². The van der Waals surface area contributed by atoms with Crippen LogP contribution in [0.3, 0.4) is 0 Å². The van der Waals surface area contributed by atoms with Gasteiger partial charge in [-0.1, -0.05) is 0 Å². The number of likely N-dealkylation sites (tertiary alicyclic amines) is 1. The van der Waals surface area contributed by atoms with E-state index in [4.69, 9.17) is 0 Å². The van der Waals surface area contributed by atoms with Crippen LogP contribution < -0.4 is 10.2 Å². The highest BCUT2D eigenvalue weighted by Gasteiger charge is 2.31. The number of carbonyl (C=O) groups is 1. The van der Waals surface area contributed by atoms with Crippen LogP contribution in [0.4, 0.5) is 10.5 Å². The number of nitrogens with zero attached hydrogens (tertiary/aromatic N) is 5. The molecule has 1 aliphatic carbocycles. The number of H-pyrrole nitrogens is 1. The SMILES string of the molecule is O=C1NCCN1c1cnn(C2CN(Cc3n[nH]c4c3CCC4)C2)c1. The van der Waals surface area contributed by atoms with Crippen LogP contribution in [-0.4, -0.2) is 57.1 Å². The Morgan fingerprint density at radius 1 is 1.29 bits per heavy atom. The molecule has 3 aliphatic rings. The van der Waals surface area contributed by atoms with Gasteiger partial charge >= 0.3 is 6.03 Å². The second kappa shape index (κ2) is 5.34. The number of nitrogens with one attached hydrogen (secondary N) is 2. The number of carbonyl (C=O) groups excluding carboxylic acids is 1. The topological polar surface area (TPSA) is 82.1 Å². The van der Waals surface area contributed by atoms with Gasteiger partial charge in [0.15, 0.2) is 0 Å². The van der Waals surface area contributed by atoms with Crippen LogP contribution in [0.5, 0.6) is 0 Å². The third kappa shape index (κ3) is 2.21. The van der Waals surface area contributed by atoms with Gasteiger partial charge in [0, 0.05) is 44.6 Å². The summed E-state index contributed by atoms with van der Waals surface area (Å²) in [6.07, 6.45) is 7.33. The molecule has 0 saturated carbocycles. The van der Waals surface area contributed by atoms with E-state index >= 15 is 0 Å². The summed E-state index contributed by atoms with van der Waals surface area (Å²) in [5.41, 5.74) is 4.88. The Labute approximate surface area is 139 Å². The minimum Gasteiger partial charge on any atom is -0.336 e. The zero-order valence-corrected chi connectivity index (χ0v) is 13.5. The van der Waals surface area contributed by atoms with Crippen LogP contribution >= 0.6 is 0 Å². The fourth-order valence-electron chi connectivity index (χ4n) is 3.95.